The Bertz CT molecular complexity index is 405. The van der Waals surface area contributed by atoms with E-state index in [1.54, 1.807) is 0 Å². The van der Waals surface area contributed by atoms with Crippen molar-refractivity contribution in [2.45, 2.75) is 25.7 Å². The first-order valence-corrected chi connectivity index (χ1v) is 7.64. The maximum atomic E-state index is 4.20. The molecule has 0 aliphatic carbocycles. The number of rotatable bonds is 1. The Balaban J connectivity index is 1.66. The minimum absolute atomic E-state index is 0.631. The molecule has 0 aromatic carbocycles. The number of aromatic nitrogens is 1. The highest BCUT2D eigenvalue weighted by Gasteiger charge is 2.35. The molecule has 1 spiro atoms. The molecule has 0 unspecified atom stereocenters. The predicted octanol–water partition coefficient (Wildman–Crippen LogP) is 2.81. The van der Waals surface area contributed by atoms with Crippen LogP contribution in [0.15, 0.2) is 22.9 Å². The number of halogens is 1. The zero-order valence-electron chi connectivity index (χ0n) is 10.7. The van der Waals surface area contributed by atoms with Gasteiger partial charge in [-0.15, -0.1) is 0 Å². The van der Waals surface area contributed by atoms with Crippen molar-refractivity contribution >= 4 is 21.6 Å². The molecule has 2 aliphatic rings. The average Bonchev–Trinajstić information content (AvgIpc) is 2.40. The highest BCUT2D eigenvalue weighted by atomic mass is 79.9. The fourth-order valence-corrected chi connectivity index (χ4v) is 3.64. The lowest BCUT2D eigenvalue weighted by atomic mass is 9.71. The molecular weight excluding hydrogens is 290 g/mol. The van der Waals surface area contributed by atoms with E-state index in [1.807, 2.05) is 6.20 Å². The van der Waals surface area contributed by atoms with Crippen LogP contribution in [0.25, 0.3) is 0 Å². The van der Waals surface area contributed by atoms with E-state index in [-0.39, 0.29) is 0 Å². The fraction of sp³-hybridized carbons (Fsp3) is 0.643. The summed E-state index contributed by atoms with van der Waals surface area (Å²) in [6.45, 7) is 4.80. The third kappa shape index (κ3) is 2.54. The van der Waals surface area contributed by atoms with Gasteiger partial charge in [0.05, 0.1) is 0 Å². The van der Waals surface area contributed by atoms with Crippen molar-refractivity contribution in [2.75, 3.05) is 31.1 Å². The highest BCUT2D eigenvalue weighted by Crippen LogP contribution is 2.40. The summed E-state index contributed by atoms with van der Waals surface area (Å²) in [5.74, 6) is 0. The molecule has 4 heteroatoms. The molecule has 0 bridgehead atoms. The minimum atomic E-state index is 0.631. The van der Waals surface area contributed by atoms with Gasteiger partial charge >= 0.3 is 0 Å². The van der Waals surface area contributed by atoms with Gasteiger partial charge in [-0.1, -0.05) is 0 Å². The minimum Gasteiger partial charge on any atom is -0.371 e. The Labute approximate surface area is 117 Å². The summed E-state index contributed by atoms with van der Waals surface area (Å²) in [6, 6.07) is 4.24. The van der Waals surface area contributed by atoms with Crippen molar-refractivity contribution in [3.63, 3.8) is 0 Å². The van der Waals surface area contributed by atoms with Gasteiger partial charge in [0.2, 0.25) is 0 Å². The van der Waals surface area contributed by atoms with Gasteiger partial charge in [-0.3, -0.25) is 0 Å². The monoisotopic (exact) mass is 309 g/mol. The van der Waals surface area contributed by atoms with Crippen LogP contribution in [0, 0.1) is 5.41 Å². The Morgan fingerprint density at radius 3 is 2.56 bits per heavy atom. The van der Waals surface area contributed by atoms with Gasteiger partial charge in [-0.2, -0.15) is 0 Å². The van der Waals surface area contributed by atoms with Crippen molar-refractivity contribution < 1.29 is 0 Å². The average molecular weight is 310 g/mol. The van der Waals surface area contributed by atoms with Crippen LogP contribution < -0.4 is 10.2 Å². The summed E-state index contributed by atoms with van der Waals surface area (Å²) in [5, 5.41) is 3.48. The third-order valence-corrected chi connectivity index (χ3v) is 5.00. The fourth-order valence-electron chi connectivity index (χ4n) is 3.29. The molecule has 1 N–H and O–H groups in total. The van der Waals surface area contributed by atoms with E-state index in [2.05, 4.69) is 43.3 Å². The van der Waals surface area contributed by atoms with Gasteiger partial charge in [-0.05, 0) is 72.3 Å². The second-order valence-corrected chi connectivity index (χ2v) is 6.39. The second-order valence-electron chi connectivity index (χ2n) is 5.57. The Morgan fingerprint density at radius 2 is 1.89 bits per heavy atom. The number of hydrogen-bond donors (Lipinski definition) is 1. The maximum absolute atomic E-state index is 4.20. The number of piperidine rings is 2. The van der Waals surface area contributed by atoms with E-state index in [9.17, 15) is 0 Å². The largest absolute Gasteiger partial charge is 0.371 e. The standard InChI is InChI=1S/C14H20BrN3/c15-13-11-12(1-6-17-13)18-9-4-14(5-10-18)2-7-16-8-3-14/h1,6,11,16H,2-5,7-10H2. The molecule has 0 saturated carbocycles. The molecule has 98 valence electrons. The van der Waals surface area contributed by atoms with E-state index in [0.29, 0.717) is 5.41 Å². The van der Waals surface area contributed by atoms with Crippen LogP contribution >= 0.6 is 15.9 Å². The number of hydrogen-bond acceptors (Lipinski definition) is 3. The van der Waals surface area contributed by atoms with Gasteiger partial charge in [0, 0.05) is 25.0 Å². The Kier molecular flexibility index (Phi) is 3.57. The van der Waals surface area contributed by atoms with Crippen LogP contribution in [0.5, 0.6) is 0 Å². The molecule has 0 amide bonds. The quantitative estimate of drug-likeness (QED) is 0.809. The lowest BCUT2D eigenvalue weighted by Gasteiger charge is -2.45. The molecule has 1 aromatic rings. The molecule has 1 aromatic heterocycles. The van der Waals surface area contributed by atoms with Crippen LogP contribution in [0.4, 0.5) is 5.69 Å². The van der Waals surface area contributed by atoms with E-state index in [4.69, 9.17) is 0 Å². The predicted molar refractivity (Wildman–Crippen MR) is 77.9 cm³/mol. The van der Waals surface area contributed by atoms with Crippen molar-refractivity contribution in [2.24, 2.45) is 5.41 Å². The van der Waals surface area contributed by atoms with E-state index < -0.39 is 0 Å². The number of nitrogens with zero attached hydrogens (tertiary/aromatic N) is 2. The summed E-state index contributed by atoms with van der Waals surface area (Å²) in [4.78, 5) is 6.70. The zero-order chi connectivity index (χ0) is 12.4. The number of anilines is 1. The molecule has 3 nitrogen and oxygen atoms in total. The molecule has 3 rings (SSSR count). The van der Waals surface area contributed by atoms with Crippen LogP contribution in [-0.2, 0) is 0 Å². The van der Waals surface area contributed by atoms with E-state index >= 15 is 0 Å². The number of nitrogens with one attached hydrogen (secondary N) is 1. The van der Waals surface area contributed by atoms with Gasteiger partial charge in [0.15, 0.2) is 0 Å². The molecule has 2 saturated heterocycles. The zero-order valence-corrected chi connectivity index (χ0v) is 12.2. The van der Waals surface area contributed by atoms with Gasteiger partial charge in [-0.25, -0.2) is 4.98 Å². The van der Waals surface area contributed by atoms with Crippen LogP contribution in [0.2, 0.25) is 0 Å². The van der Waals surface area contributed by atoms with Crippen molar-refractivity contribution in [1.29, 1.82) is 0 Å². The molecule has 3 heterocycles. The lowest BCUT2D eigenvalue weighted by Crippen LogP contribution is -2.45. The Hall–Kier alpha value is -0.610. The molecule has 0 radical (unpaired) electrons. The molecule has 2 fully saturated rings. The summed E-state index contributed by atoms with van der Waals surface area (Å²) in [5.41, 5.74) is 1.94. The summed E-state index contributed by atoms with van der Waals surface area (Å²) < 4.78 is 0.933. The van der Waals surface area contributed by atoms with E-state index in [1.165, 1.54) is 57.5 Å². The van der Waals surface area contributed by atoms with Gasteiger partial charge in [0.1, 0.15) is 4.60 Å². The highest BCUT2D eigenvalue weighted by molar-refractivity contribution is 9.10. The molecule has 0 atom stereocenters. The molecule has 18 heavy (non-hydrogen) atoms. The summed E-state index contributed by atoms with van der Waals surface area (Å²) >= 11 is 3.45. The first kappa shape index (κ1) is 12.4. The topological polar surface area (TPSA) is 28.2 Å². The van der Waals surface area contributed by atoms with Crippen LogP contribution in [-0.4, -0.2) is 31.2 Å². The normalized spacial score (nSPS) is 23.3. The van der Waals surface area contributed by atoms with Crippen molar-refractivity contribution in [3.05, 3.63) is 22.9 Å². The smallest absolute Gasteiger partial charge is 0.108 e. The first-order chi connectivity index (χ1) is 8.77. The SMILES string of the molecule is Brc1cc(N2CCC3(CCNCC3)CC2)ccn1. The second kappa shape index (κ2) is 5.17. The summed E-state index contributed by atoms with van der Waals surface area (Å²) in [6.07, 6.45) is 7.29. The third-order valence-electron chi connectivity index (χ3n) is 4.56. The van der Waals surface area contributed by atoms with Crippen LogP contribution in [0.1, 0.15) is 25.7 Å². The maximum Gasteiger partial charge on any atom is 0.108 e. The molecular formula is C14H20BrN3. The van der Waals surface area contributed by atoms with Crippen molar-refractivity contribution in [1.82, 2.24) is 10.3 Å². The van der Waals surface area contributed by atoms with Crippen LogP contribution in [0.3, 0.4) is 0 Å². The van der Waals surface area contributed by atoms with Crippen molar-refractivity contribution in [3.8, 4) is 0 Å². The first-order valence-electron chi connectivity index (χ1n) is 6.85. The molecule has 2 aliphatic heterocycles. The Morgan fingerprint density at radius 1 is 1.17 bits per heavy atom. The lowest BCUT2D eigenvalue weighted by molar-refractivity contribution is 0.155. The number of pyridine rings is 1. The van der Waals surface area contributed by atoms with Gasteiger partial charge in [0.25, 0.3) is 0 Å². The van der Waals surface area contributed by atoms with Gasteiger partial charge < -0.3 is 10.2 Å². The summed E-state index contributed by atoms with van der Waals surface area (Å²) in [7, 11) is 0. The van der Waals surface area contributed by atoms with E-state index in [0.717, 1.165) is 4.60 Å².